The molecule has 9 heteroatoms. The number of aliphatic carboxylic acids is 1. The molecule has 1 saturated heterocycles. The van der Waals surface area contributed by atoms with Crippen LogP contribution >= 0.6 is 0 Å². The van der Waals surface area contributed by atoms with Gasteiger partial charge < -0.3 is 20.1 Å². The molecule has 3 aromatic carbocycles. The van der Waals surface area contributed by atoms with Crippen LogP contribution in [0.5, 0.6) is 5.75 Å². The molecule has 1 aliphatic rings. The second-order valence-electron chi connectivity index (χ2n) is 15.1. The van der Waals surface area contributed by atoms with E-state index in [9.17, 15) is 19.5 Å². The number of carboxylic acid groups (broad SMARTS) is 1. The Labute approximate surface area is 315 Å². The number of benzene rings is 3. The molecule has 0 aliphatic carbocycles. The SMILES string of the molecule is C=NC(=N/C=C(\C)c1ccc(OCCCCCCC)cc1)c1ccc(C[C@H](NC(=O)c2ccc(C(C)(C)C)cc2)C(=O)N2CC(C(=O)O)CC2C)cc1. The maximum atomic E-state index is 13.9. The number of nitrogens with one attached hydrogen (secondary N) is 1. The van der Waals surface area contributed by atoms with Gasteiger partial charge in [0, 0.05) is 36.3 Å². The van der Waals surface area contributed by atoms with Crippen LogP contribution in [-0.4, -0.2) is 65.6 Å². The number of ether oxygens (including phenoxy) is 1. The van der Waals surface area contributed by atoms with Crippen molar-refractivity contribution in [2.45, 2.75) is 104 Å². The number of carbonyl (C=O) groups excluding carboxylic acids is 2. The Kier molecular flexibility index (Phi) is 14.7. The van der Waals surface area contributed by atoms with E-state index in [4.69, 9.17) is 4.74 Å². The summed E-state index contributed by atoms with van der Waals surface area (Å²) in [6.07, 6.45) is 8.35. The van der Waals surface area contributed by atoms with E-state index in [1.54, 1.807) is 23.2 Å². The minimum absolute atomic E-state index is 0.0677. The second-order valence-corrected chi connectivity index (χ2v) is 15.1. The highest BCUT2D eigenvalue weighted by Gasteiger charge is 2.39. The summed E-state index contributed by atoms with van der Waals surface area (Å²) in [7, 11) is 0. The predicted molar refractivity (Wildman–Crippen MR) is 214 cm³/mol. The number of carboxylic acids is 1. The molecule has 282 valence electrons. The molecule has 2 unspecified atom stereocenters. The molecular weight excluding hydrogens is 665 g/mol. The van der Waals surface area contributed by atoms with Gasteiger partial charge in [0.15, 0.2) is 5.84 Å². The molecule has 2 amide bonds. The first-order chi connectivity index (χ1) is 25.3. The lowest BCUT2D eigenvalue weighted by Crippen LogP contribution is -2.50. The summed E-state index contributed by atoms with van der Waals surface area (Å²) in [5.41, 5.74) is 5.02. The van der Waals surface area contributed by atoms with Gasteiger partial charge in [-0.25, -0.2) is 9.98 Å². The average Bonchev–Trinajstić information content (AvgIpc) is 3.55. The van der Waals surface area contributed by atoms with Crippen molar-refractivity contribution in [1.82, 2.24) is 10.2 Å². The van der Waals surface area contributed by atoms with Crippen molar-refractivity contribution < 1.29 is 24.2 Å². The quantitative estimate of drug-likeness (QED) is 0.0874. The molecule has 0 spiro atoms. The third kappa shape index (κ3) is 11.7. The number of hydrogen-bond acceptors (Lipinski definition) is 5. The van der Waals surface area contributed by atoms with E-state index >= 15 is 0 Å². The highest BCUT2D eigenvalue weighted by Crippen LogP contribution is 2.26. The fourth-order valence-electron chi connectivity index (χ4n) is 6.45. The number of aliphatic imine (C=N–C) groups is 2. The number of hydrogen-bond donors (Lipinski definition) is 2. The summed E-state index contributed by atoms with van der Waals surface area (Å²) >= 11 is 0. The summed E-state index contributed by atoms with van der Waals surface area (Å²) in [5, 5.41) is 12.6. The Morgan fingerprint density at radius 3 is 2.15 bits per heavy atom. The van der Waals surface area contributed by atoms with E-state index in [1.807, 2.05) is 74.5 Å². The first-order valence-electron chi connectivity index (χ1n) is 18.8. The second kappa shape index (κ2) is 19.1. The molecule has 9 nitrogen and oxygen atoms in total. The molecule has 0 saturated carbocycles. The van der Waals surface area contributed by atoms with Gasteiger partial charge in [-0.2, -0.15) is 0 Å². The van der Waals surface area contributed by atoms with Crippen LogP contribution in [0.4, 0.5) is 0 Å². The van der Waals surface area contributed by atoms with Gasteiger partial charge in [-0.1, -0.05) is 102 Å². The van der Waals surface area contributed by atoms with Crippen LogP contribution in [0.1, 0.15) is 113 Å². The topological polar surface area (TPSA) is 121 Å². The fraction of sp³-hybridized carbons (Fsp3) is 0.432. The van der Waals surface area contributed by atoms with Gasteiger partial charge in [0.25, 0.3) is 5.91 Å². The van der Waals surface area contributed by atoms with Crippen molar-refractivity contribution in [3.8, 4) is 5.75 Å². The van der Waals surface area contributed by atoms with E-state index in [0.29, 0.717) is 17.8 Å². The number of likely N-dealkylation sites (tertiary alicyclic amines) is 1. The number of rotatable bonds is 16. The van der Waals surface area contributed by atoms with Gasteiger partial charge >= 0.3 is 5.97 Å². The number of amidine groups is 1. The molecule has 3 aromatic rings. The Morgan fingerprint density at radius 1 is 0.943 bits per heavy atom. The predicted octanol–water partition coefficient (Wildman–Crippen LogP) is 8.50. The van der Waals surface area contributed by atoms with Crippen LogP contribution in [0.15, 0.2) is 89.0 Å². The first kappa shape index (κ1) is 40.7. The summed E-state index contributed by atoms with van der Waals surface area (Å²) in [6, 6.07) is 21.7. The molecule has 53 heavy (non-hydrogen) atoms. The van der Waals surface area contributed by atoms with E-state index in [0.717, 1.165) is 46.6 Å². The molecule has 3 atom stereocenters. The van der Waals surface area contributed by atoms with Gasteiger partial charge in [-0.15, -0.1) is 0 Å². The Hall–Kier alpha value is -5.05. The highest BCUT2D eigenvalue weighted by molar-refractivity contribution is 6.02. The maximum absolute atomic E-state index is 13.9. The summed E-state index contributed by atoms with van der Waals surface area (Å²) in [5.74, 6) is -0.931. The van der Waals surface area contributed by atoms with E-state index in [1.165, 1.54) is 25.7 Å². The van der Waals surface area contributed by atoms with E-state index in [-0.39, 0.29) is 36.2 Å². The zero-order chi connectivity index (χ0) is 38.5. The maximum Gasteiger partial charge on any atom is 0.308 e. The molecule has 4 rings (SSSR count). The lowest BCUT2D eigenvalue weighted by atomic mass is 9.86. The molecule has 1 aliphatic heterocycles. The monoisotopic (exact) mass is 720 g/mol. The number of carbonyl (C=O) groups is 3. The zero-order valence-corrected chi connectivity index (χ0v) is 32.2. The highest BCUT2D eigenvalue weighted by atomic mass is 16.5. The van der Waals surface area contributed by atoms with Gasteiger partial charge in [0.2, 0.25) is 5.91 Å². The fourth-order valence-corrected chi connectivity index (χ4v) is 6.45. The Bertz CT molecular complexity index is 1760. The molecule has 1 heterocycles. The van der Waals surface area contributed by atoms with Crippen molar-refractivity contribution in [2.75, 3.05) is 13.2 Å². The van der Waals surface area contributed by atoms with Crippen LogP contribution in [0.2, 0.25) is 0 Å². The average molecular weight is 721 g/mol. The van der Waals surface area contributed by atoms with E-state index < -0.39 is 17.9 Å². The number of nitrogens with zero attached hydrogens (tertiary/aromatic N) is 3. The first-order valence-corrected chi connectivity index (χ1v) is 18.8. The largest absolute Gasteiger partial charge is 0.494 e. The lowest BCUT2D eigenvalue weighted by molar-refractivity contribution is -0.141. The molecular formula is C44H56N4O5. The van der Waals surface area contributed by atoms with E-state index in [2.05, 4.69) is 49.7 Å². The number of unbranched alkanes of at least 4 members (excludes halogenated alkanes) is 4. The third-order valence-electron chi connectivity index (χ3n) is 9.83. The summed E-state index contributed by atoms with van der Waals surface area (Å²) in [4.78, 5) is 49.5. The van der Waals surface area contributed by atoms with Crippen LogP contribution in [0.25, 0.3) is 5.57 Å². The minimum atomic E-state index is -0.924. The molecule has 1 fully saturated rings. The van der Waals surface area contributed by atoms with Gasteiger partial charge in [0.05, 0.1) is 12.5 Å². The van der Waals surface area contributed by atoms with Crippen LogP contribution < -0.4 is 10.1 Å². The van der Waals surface area contributed by atoms with Crippen LogP contribution in [0, 0.1) is 5.92 Å². The lowest BCUT2D eigenvalue weighted by Gasteiger charge is -2.28. The smallest absolute Gasteiger partial charge is 0.308 e. The Balaban J connectivity index is 1.46. The Morgan fingerprint density at radius 2 is 1.57 bits per heavy atom. The van der Waals surface area contributed by atoms with Crippen molar-refractivity contribution >= 4 is 35.9 Å². The minimum Gasteiger partial charge on any atom is -0.494 e. The van der Waals surface area contributed by atoms with Crippen molar-refractivity contribution in [3.63, 3.8) is 0 Å². The van der Waals surface area contributed by atoms with Crippen molar-refractivity contribution in [3.05, 3.63) is 107 Å². The number of amides is 2. The standard InChI is InChI=1S/C44H56N4O5/c1-8-9-10-11-12-25-53-38-23-19-33(20-24-38)30(2)28-46-40(45-7)34-15-13-32(14-16-34)27-39(42(50)48-29-36(43(51)52)26-31(48)3)47-41(49)35-17-21-37(22-18-35)44(4,5)6/h13-24,28,31,36,39H,7-12,25-27,29H2,1-6H3,(H,47,49)(H,51,52)/b30-28+,46-40?/t31?,36?,39-/m0/s1. The van der Waals surface area contributed by atoms with Crippen molar-refractivity contribution in [2.24, 2.45) is 15.9 Å². The molecule has 0 aromatic heterocycles. The van der Waals surface area contributed by atoms with Gasteiger partial charge in [-0.3, -0.25) is 14.4 Å². The summed E-state index contributed by atoms with van der Waals surface area (Å²) < 4.78 is 5.90. The molecule has 0 radical (unpaired) electrons. The normalized spacial score (nSPS) is 17.0. The zero-order valence-electron chi connectivity index (χ0n) is 32.2. The summed E-state index contributed by atoms with van der Waals surface area (Å²) in [6.45, 7) is 16.9. The van der Waals surface area contributed by atoms with Gasteiger partial charge in [-0.05, 0) is 85.4 Å². The van der Waals surface area contributed by atoms with Crippen LogP contribution in [-0.2, 0) is 21.4 Å². The molecule has 0 bridgehead atoms. The van der Waals surface area contributed by atoms with Crippen molar-refractivity contribution in [1.29, 1.82) is 0 Å². The third-order valence-corrected chi connectivity index (χ3v) is 9.83. The van der Waals surface area contributed by atoms with Crippen LogP contribution in [0.3, 0.4) is 0 Å². The molecule has 2 N–H and O–H groups in total. The van der Waals surface area contributed by atoms with Gasteiger partial charge in [0.1, 0.15) is 11.8 Å². The number of allylic oxidation sites excluding steroid dienone is 1.